The van der Waals surface area contributed by atoms with Crippen LogP contribution in [0.4, 0.5) is 0 Å². The fourth-order valence-electron chi connectivity index (χ4n) is 4.55. The summed E-state index contributed by atoms with van der Waals surface area (Å²) in [5, 5.41) is 2.85. The van der Waals surface area contributed by atoms with E-state index in [0.717, 1.165) is 12.0 Å². The van der Waals surface area contributed by atoms with E-state index < -0.39 is 5.41 Å². The monoisotopic (exact) mass is 434 g/mol. The van der Waals surface area contributed by atoms with Crippen LogP contribution in [0.1, 0.15) is 61.5 Å². The molecule has 1 N–H and O–H groups in total. The minimum Gasteiger partial charge on any atom is -0.352 e. The van der Waals surface area contributed by atoms with Crippen molar-refractivity contribution in [1.82, 2.24) is 10.2 Å². The maximum absolute atomic E-state index is 12.7. The van der Waals surface area contributed by atoms with E-state index in [4.69, 9.17) is 0 Å². The molecule has 0 spiro atoms. The van der Waals surface area contributed by atoms with Crippen LogP contribution in [0.2, 0.25) is 0 Å². The van der Waals surface area contributed by atoms with Crippen LogP contribution in [0.15, 0.2) is 54.6 Å². The van der Waals surface area contributed by atoms with Gasteiger partial charge in [-0.2, -0.15) is 0 Å². The largest absolute Gasteiger partial charge is 0.352 e. The van der Waals surface area contributed by atoms with Crippen molar-refractivity contribution in [1.29, 1.82) is 0 Å². The molecule has 2 aromatic carbocycles. The molecule has 0 atom stereocenters. The first-order valence-corrected chi connectivity index (χ1v) is 11.5. The number of nitrogens with one attached hydrogen (secondary N) is 1. The quantitative estimate of drug-likeness (QED) is 0.679. The Labute approximate surface area is 191 Å². The van der Waals surface area contributed by atoms with Crippen LogP contribution in [0.3, 0.4) is 0 Å². The van der Waals surface area contributed by atoms with Crippen molar-refractivity contribution in [2.45, 2.75) is 51.9 Å². The summed E-state index contributed by atoms with van der Waals surface area (Å²) in [5.41, 5.74) is 2.35. The van der Waals surface area contributed by atoms with Gasteiger partial charge in [0, 0.05) is 31.6 Å². The first-order valence-electron chi connectivity index (χ1n) is 11.5. The smallest absolute Gasteiger partial charge is 0.251 e. The number of nitrogens with zero attached hydrogens (tertiary/aromatic N) is 1. The highest BCUT2D eigenvalue weighted by molar-refractivity contribution is 5.94. The Morgan fingerprint density at radius 1 is 0.969 bits per heavy atom. The lowest BCUT2D eigenvalue weighted by atomic mass is 9.70. The Balaban J connectivity index is 1.48. The van der Waals surface area contributed by atoms with Crippen molar-refractivity contribution in [3.8, 4) is 0 Å². The summed E-state index contributed by atoms with van der Waals surface area (Å²) in [5.74, 6) is 0.584. The first-order chi connectivity index (χ1) is 15.3. The molecule has 0 unspecified atom stereocenters. The van der Waals surface area contributed by atoms with Gasteiger partial charge >= 0.3 is 0 Å². The van der Waals surface area contributed by atoms with Crippen molar-refractivity contribution in [3.63, 3.8) is 0 Å². The number of ketones is 1. The van der Waals surface area contributed by atoms with Gasteiger partial charge in [-0.05, 0) is 55.4 Å². The van der Waals surface area contributed by atoms with Crippen molar-refractivity contribution < 1.29 is 14.4 Å². The second-order valence-corrected chi connectivity index (χ2v) is 9.19. The fourth-order valence-corrected chi connectivity index (χ4v) is 4.55. The Kier molecular flexibility index (Phi) is 7.84. The number of piperidine rings is 1. The minimum atomic E-state index is -0.506. The molecular weight excluding hydrogens is 400 g/mol. The maximum Gasteiger partial charge on any atom is 0.251 e. The highest BCUT2D eigenvalue weighted by Crippen LogP contribution is 2.36. The van der Waals surface area contributed by atoms with E-state index in [1.54, 1.807) is 6.92 Å². The van der Waals surface area contributed by atoms with E-state index in [2.05, 4.69) is 19.2 Å². The zero-order chi connectivity index (χ0) is 23.1. The summed E-state index contributed by atoms with van der Waals surface area (Å²) in [7, 11) is 0. The number of hydrogen-bond acceptors (Lipinski definition) is 3. The summed E-state index contributed by atoms with van der Waals surface area (Å²) in [6.07, 6.45) is 2.51. The van der Waals surface area contributed by atoms with E-state index in [9.17, 15) is 14.4 Å². The van der Waals surface area contributed by atoms with Crippen LogP contribution in [-0.2, 0) is 21.4 Å². The molecule has 0 aromatic heterocycles. The number of benzene rings is 2. The normalized spacial score (nSPS) is 15.4. The Morgan fingerprint density at radius 2 is 1.59 bits per heavy atom. The number of carbonyl (C=O) groups is 3. The molecule has 0 bridgehead atoms. The summed E-state index contributed by atoms with van der Waals surface area (Å²) < 4.78 is 0. The lowest BCUT2D eigenvalue weighted by Gasteiger charge is -2.40. The lowest BCUT2D eigenvalue weighted by molar-refractivity contribution is -0.135. The topological polar surface area (TPSA) is 66.5 Å². The van der Waals surface area contributed by atoms with Gasteiger partial charge in [0.25, 0.3) is 5.91 Å². The van der Waals surface area contributed by atoms with Gasteiger partial charge in [-0.15, -0.1) is 0 Å². The van der Waals surface area contributed by atoms with Gasteiger partial charge < -0.3 is 10.2 Å². The number of likely N-dealkylation sites (tertiary alicyclic amines) is 1. The lowest BCUT2D eigenvalue weighted by Crippen LogP contribution is -2.48. The average Bonchev–Trinajstić information content (AvgIpc) is 2.79. The summed E-state index contributed by atoms with van der Waals surface area (Å²) in [4.78, 5) is 39.4. The molecular formula is C27H34N2O3. The van der Waals surface area contributed by atoms with E-state index in [0.29, 0.717) is 44.0 Å². The average molecular weight is 435 g/mol. The number of rotatable bonds is 8. The van der Waals surface area contributed by atoms with Crippen LogP contribution < -0.4 is 5.32 Å². The van der Waals surface area contributed by atoms with E-state index in [-0.39, 0.29) is 24.0 Å². The van der Waals surface area contributed by atoms with Crippen LogP contribution >= 0.6 is 0 Å². The second kappa shape index (κ2) is 10.6. The minimum absolute atomic E-state index is 0.0165. The summed E-state index contributed by atoms with van der Waals surface area (Å²) in [6, 6.07) is 17.5. The van der Waals surface area contributed by atoms with Crippen LogP contribution in [0, 0.1) is 5.92 Å². The third kappa shape index (κ3) is 5.64. The third-order valence-electron chi connectivity index (χ3n) is 6.45. The van der Waals surface area contributed by atoms with Gasteiger partial charge in [-0.1, -0.05) is 56.3 Å². The molecule has 1 heterocycles. The Morgan fingerprint density at radius 3 is 2.16 bits per heavy atom. The van der Waals surface area contributed by atoms with Crippen LogP contribution in [-0.4, -0.2) is 42.1 Å². The van der Waals surface area contributed by atoms with Gasteiger partial charge in [0.1, 0.15) is 5.78 Å². The van der Waals surface area contributed by atoms with Gasteiger partial charge in [0.05, 0.1) is 5.41 Å². The van der Waals surface area contributed by atoms with Crippen LogP contribution in [0.5, 0.6) is 0 Å². The number of hydrogen-bond donors (Lipinski definition) is 1. The van der Waals surface area contributed by atoms with Crippen molar-refractivity contribution in [3.05, 3.63) is 71.3 Å². The molecule has 1 aliphatic heterocycles. The molecule has 170 valence electrons. The molecule has 3 rings (SSSR count). The van der Waals surface area contributed by atoms with E-state index >= 15 is 0 Å². The first kappa shape index (κ1) is 23.7. The van der Waals surface area contributed by atoms with E-state index in [1.165, 1.54) is 5.56 Å². The predicted octanol–water partition coefficient (Wildman–Crippen LogP) is 4.15. The van der Waals surface area contributed by atoms with Gasteiger partial charge in [-0.25, -0.2) is 0 Å². The molecule has 0 saturated carbocycles. The molecule has 0 radical (unpaired) electrons. The summed E-state index contributed by atoms with van der Waals surface area (Å²) in [6.45, 7) is 7.40. The molecule has 1 saturated heterocycles. The van der Waals surface area contributed by atoms with Gasteiger partial charge in [-0.3, -0.25) is 14.4 Å². The standard InChI is InChI=1S/C27H34N2O3/c1-20(2)19-22-9-11-23(12-10-22)26(32)28-16-13-25(31)29-17-14-27(15-18-29,21(3)30)24-7-5-4-6-8-24/h4-12,20H,13-19H2,1-3H3,(H,28,32). The van der Waals surface area contributed by atoms with Gasteiger partial charge in [0.15, 0.2) is 0 Å². The molecule has 2 amide bonds. The van der Waals surface area contributed by atoms with Crippen molar-refractivity contribution >= 4 is 17.6 Å². The molecule has 0 aliphatic carbocycles. The Bertz CT molecular complexity index is 927. The van der Waals surface area contributed by atoms with Crippen molar-refractivity contribution in [2.75, 3.05) is 19.6 Å². The molecule has 2 aromatic rings. The molecule has 5 nitrogen and oxygen atoms in total. The Hall–Kier alpha value is -2.95. The third-order valence-corrected chi connectivity index (χ3v) is 6.45. The zero-order valence-corrected chi connectivity index (χ0v) is 19.4. The zero-order valence-electron chi connectivity index (χ0n) is 19.4. The number of carbonyl (C=O) groups excluding carboxylic acids is 3. The molecule has 1 aliphatic rings. The highest BCUT2D eigenvalue weighted by Gasteiger charge is 2.41. The molecule has 32 heavy (non-hydrogen) atoms. The van der Waals surface area contributed by atoms with Gasteiger partial charge in [0.2, 0.25) is 5.91 Å². The van der Waals surface area contributed by atoms with Crippen molar-refractivity contribution in [2.24, 2.45) is 5.92 Å². The SMILES string of the molecule is CC(=O)C1(c2ccccc2)CCN(C(=O)CCNC(=O)c2ccc(CC(C)C)cc2)CC1. The number of amides is 2. The maximum atomic E-state index is 12.7. The second-order valence-electron chi connectivity index (χ2n) is 9.19. The van der Waals surface area contributed by atoms with Crippen LogP contribution in [0.25, 0.3) is 0 Å². The number of Topliss-reactive ketones (excluding diaryl/α,β-unsaturated/α-hetero) is 1. The summed E-state index contributed by atoms with van der Waals surface area (Å²) >= 11 is 0. The molecule has 5 heteroatoms. The fraction of sp³-hybridized carbons (Fsp3) is 0.444. The predicted molar refractivity (Wildman–Crippen MR) is 127 cm³/mol. The highest BCUT2D eigenvalue weighted by atomic mass is 16.2. The molecule has 1 fully saturated rings. The van der Waals surface area contributed by atoms with E-state index in [1.807, 2.05) is 59.5 Å².